The van der Waals surface area contributed by atoms with E-state index in [9.17, 15) is 4.79 Å². The maximum absolute atomic E-state index is 12.0. The summed E-state index contributed by atoms with van der Waals surface area (Å²) < 4.78 is 5.53. The third kappa shape index (κ3) is 5.15. The summed E-state index contributed by atoms with van der Waals surface area (Å²) in [5.74, 6) is 1.96. The Hall–Kier alpha value is -3.22. The van der Waals surface area contributed by atoms with Crippen molar-refractivity contribution in [2.24, 2.45) is 4.99 Å². The van der Waals surface area contributed by atoms with Crippen LogP contribution in [0.5, 0.6) is 5.75 Å². The smallest absolute Gasteiger partial charge is 0.222 e. The Kier molecular flexibility index (Phi) is 7.14. The van der Waals surface area contributed by atoms with Crippen molar-refractivity contribution in [3.05, 3.63) is 59.7 Å². The van der Waals surface area contributed by atoms with Gasteiger partial charge in [-0.1, -0.05) is 36.4 Å². The predicted octanol–water partition coefficient (Wildman–Crippen LogP) is 2.76. The van der Waals surface area contributed by atoms with Crippen molar-refractivity contribution in [2.45, 2.75) is 38.4 Å². The highest BCUT2D eigenvalue weighted by Gasteiger charge is 2.25. The number of nitrogens with one attached hydrogen (secondary N) is 2. The molecule has 2 aliphatic rings. The summed E-state index contributed by atoms with van der Waals surface area (Å²) >= 11 is 0. The van der Waals surface area contributed by atoms with Crippen molar-refractivity contribution in [3.63, 3.8) is 0 Å². The van der Waals surface area contributed by atoms with Gasteiger partial charge in [0.2, 0.25) is 5.91 Å². The minimum atomic E-state index is 0.256. The molecule has 0 spiro atoms. The van der Waals surface area contributed by atoms with Crippen LogP contribution < -0.4 is 20.3 Å². The van der Waals surface area contributed by atoms with Crippen molar-refractivity contribution in [2.75, 3.05) is 38.7 Å². The normalized spacial score (nSPS) is 18.9. The van der Waals surface area contributed by atoms with E-state index in [1.807, 2.05) is 35.2 Å². The maximum atomic E-state index is 12.0. The number of carbonyl (C=O) groups is 1. The fourth-order valence-corrected chi connectivity index (χ4v) is 4.52. The number of likely N-dealkylation sites (tertiary alicyclic amines) is 1. The van der Waals surface area contributed by atoms with Gasteiger partial charge in [-0.15, -0.1) is 0 Å². The summed E-state index contributed by atoms with van der Waals surface area (Å²) in [7, 11) is 3.52. The molecule has 1 atom stereocenters. The van der Waals surface area contributed by atoms with E-state index in [0.717, 1.165) is 49.9 Å². The second kappa shape index (κ2) is 10.4. The first-order valence-electron chi connectivity index (χ1n) is 11.4. The second-order valence-corrected chi connectivity index (χ2v) is 8.36. The first-order chi connectivity index (χ1) is 15.7. The van der Waals surface area contributed by atoms with Gasteiger partial charge in [0.15, 0.2) is 5.96 Å². The molecule has 1 unspecified atom stereocenters. The molecule has 0 saturated carbocycles. The Labute approximate surface area is 190 Å². The zero-order valence-electron chi connectivity index (χ0n) is 19.0. The Morgan fingerprint density at radius 3 is 2.66 bits per heavy atom. The van der Waals surface area contributed by atoms with Gasteiger partial charge in [0, 0.05) is 52.2 Å². The molecule has 2 heterocycles. The number of ether oxygens (including phenoxy) is 1. The van der Waals surface area contributed by atoms with Gasteiger partial charge < -0.3 is 25.2 Å². The van der Waals surface area contributed by atoms with Gasteiger partial charge in [0.05, 0.1) is 12.8 Å². The summed E-state index contributed by atoms with van der Waals surface area (Å²) in [6.45, 7) is 4.07. The molecule has 7 heteroatoms. The number of carbonyl (C=O) groups excluding carboxylic acids is 1. The zero-order chi connectivity index (χ0) is 22.3. The molecule has 4 rings (SSSR count). The molecule has 32 heavy (non-hydrogen) atoms. The standard InChI is InChI=1S/C25H33N5O2/c1-26-25(28-21-13-15-29(18-21)22-10-5-6-11-23(22)32-2)27-16-19-8-3-4-9-20(19)17-30-14-7-12-24(30)31/h3-6,8-11,21H,7,12-18H2,1-2H3,(H2,26,27,28). The van der Waals surface area contributed by atoms with Crippen molar-refractivity contribution in [3.8, 4) is 5.75 Å². The quantitative estimate of drug-likeness (QED) is 0.517. The van der Waals surface area contributed by atoms with E-state index >= 15 is 0 Å². The molecule has 2 fully saturated rings. The summed E-state index contributed by atoms with van der Waals surface area (Å²) in [5, 5.41) is 7.02. The van der Waals surface area contributed by atoms with Crippen molar-refractivity contribution in [1.82, 2.24) is 15.5 Å². The highest BCUT2D eigenvalue weighted by Crippen LogP contribution is 2.30. The van der Waals surface area contributed by atoms with Crippen LogP contribution in [0.25, 0.3) is 0 Å². The van der Waals surface area contributed by atoms with Gasteiger partial charge in [0.25, 0.3) is 0 Å². The number of anilines is 1. The number of hydrogen-bond donors (Lipinski definition) is 2. The number of hydrogen-bond acceptors (Lipinski definition) is 4. The number of aliphatic imine (C=N–C) groups is 1. The van der Waals surface area contributed by atoms with Crippen LogP contribution in [0.2, 0.25) is 0 Å². The van der Waals surface area contributed by atoms with Crippen LogP contribution in [0.3, 0.4) is 0 Å². The fraction of sp³-hybridized carbons (Fsp3) is 0.440. The number of para-hydroxylation sites is 2. The van der Waals surface area contributed by atoms with Crippen molar-refractivity contribution >= 4 is 17.6 Å². The lowest BCUT2D eigenvalue weighted by atomic mass is 10.1. The molecular weight excluding hydrogens is 402 g/mol. The molecule has 0 radical (unpaired) electrons. The lowest BCUT2D eigenvalue weighted by Gasteiger charge is -2.22. The molecule has 0 aliphatic carbocycles. The first-order valence-corrected chi connectivity index (χ1v) is 11.4. The second-order valence-electron chi connectivity index (χ2n) is 8.36. The van der Waals surface area contributed by atoms with Crippen LogP contribution in [0.15, 0.2) is 53.5 Å². The molecule has 1 amide bonds. The Morgan fingerprint density at radius 1 is 1.12 bits per heavy atom. The van der Waals surface area contributed by atoms with E-state index < -0.39 is 0 Å². The van der Waals surface area contributed by atoms with Crippen LogP contribution in [-0.2, 0) is 17.9 Å². The lowest BCUT2D eigenvalue weighted by molar-refractivity contribution is -0.128. The molecule has 2 aromatic carbocycles. The highest BCUT2D eigenvalue weighted by atomic mass is 16.5. The molecule has 2 N–H and O–H groups in total. The van der Waals surface area contributed by atoms with Gasteiger partial charge in [-0.05, 0) is 36.1 Å². The molecule has 0 bridgehead atoms. The van der Waals surface area contributed by atoms with E-state index in [1.165, 1.54) is 11.1 Å². The summed E-state index contributed by atoms with van der Waals surface area (Å²) in [6.07, 6.45) is 2.67. The zero-order valence-corrected chi connectivity index (χ0v) is 19.0. The van der Waals surface area contributed by atoms with Crippen LogP contribution in [0, 0.1) is 0 Å². The molecular formula is C25H33N5O2. The van der Waals surface area contributed by atoms with Gasteiger partial charge in [0.1, 0.15) is 5.75 Å². The SMILES string of the molecule is CN=C(NCc1ccccc1CN1CCCC1=O)NC1CCN(c2ccccc2OC)C1. The third-order valence-electron chi connectivity index (χ3n) is 6.28. The average Bonchev–Trinajstić information content (AvgIpc) is 3.46. The maximum Gasteiger partial charge on any atom is 0.222 e. The van der Waals surface area contributed by atoms with E-state index in [-0.39, 0.29) is 5.91 Å². The van der Waals surface area contributed by atoms with Crippen LogP contribution in [0.1, 0.15) is 30.4 Å². The number of nitrogens with zero attached hydrogens (tertiary/aromatic N) is 3. The summed E-state index contributed by atoms with van der Waals surface area (Å²) in [4.78, 5) is 20.8. The van der Waals surface area contributed by atoms with E-state index in [4.69, 9.17) is 4.74 Å². The molecule has 2 aliphatic heterocycles. The van der Waals surface area contributed by atoms with Gasteiger partial charge in [-0.3, -0.25) is 9.79 Å². The number of methoxy groups -OCH3 is 1. The number of benzene rings is 2. The van der Waals surface area contributed by atoms with Gasteiger partial charge in [-0.2, -0.15) is 0 Å². The van der Waals surface area contributed by atoms with Gasteiger partial charge in [-0.25, -0.2) is 0 Å². The monoisotopic (exact) mass is 435 g/mol. The van der Waals surface area contributed by atoms with E-state index in [0.29, 0.717) is 25.6 Å². The average molecular weight is 436 g/mol. The minimum absolute atomic E-state index is 0.256. The molecule has 7 nitrogen and oxygen atoms in total. The first kappa shape index (κ1) is 22.0. The molecule has 2 aromatic rings. The topological polar surface area (TPSA) is 69.2 Å². The largest absolute Gasteiger partial charge is 0.495 e. The molecule has 2 saturated heterocycles. The third-order valence-corrected chi connectivity index (χ3v) is 6.28. The van der Waals surface area contributed by atoms with Crippen LogP contribution in [0.4, 0.5) is 5.69 Å². The Balaban J connectivity index is 1.33. The number of guanidine groups is 1. The highest BCUT2D eigenvalue weighted by molar-refractivity contribution is 5.80. The molecule has 170 valence electrons. The van der Waals surface area contributed by atoms with Crippen molar-refractivity contribution < 1.29 is 9.53 Å². The minimum Gasteiger partial charge on any atom is -0.495 e. The van der Waals surface area contributed by atoms with E-state index in [2.05, 4.69) is 38.7 Å². The van der Waals surface area contributed by atoms with E-state index in [1.54, 1.807) is 14.2 Å². The molecule has 0 aromatic heterocycles. The Bertz CT molecular complexity index is 961. The summed E-state index contributed by atoms with van der Waals surface area (Å²) in [5.41, 5.74) is 3.51. The van der Waals surface area contributed by atoms with Gasteiger partial charge >= 0.3 is 0 Å². The Morgan fingerprint density at radius 2 is 1.91 bits per heavy atom. The number of rotatable bonds is 7. The lowest BCUT2D eigenvalue weighted by Crippen LogP contribution is -2.44. The predicted molar refractivity (Wildman–Crippen MR) is 128 cm³/mol. The van der Waals surface area contributed by atoms with Crippen LogP contribution in [-0.4, -0.2) is 56.6 Å². The number of amides is 1. The fourth-order valence-electron chi connectivity index (χ4n) is 4.52. The van der Waals surface area contributed by atoms with Crippen LogP contribution >= 0.6 is 0 Å². The van der Waals surface area contributed by atoms with Crippen molar-refractivity contribution in [1.29, 1.82) is 0 Å². The summed E-state index contributed by atoms with van der Waals surface area (Å²) in [6, 6.07) is 16.8.